The van der Waals surface area contributed by atoms with Crippen LogP contribution in [0.4, 0.5) is 0 Å². The third-order valence-corrected chi connectivity index (χ3v) is 5.06. The Morgan fingerprint density at radius 3 is 2.46 bits per heavy atom. The van der Waals surface area contributed by atoms with E-state index in [0.29, 0.717) is 6.54 Å². The normalized spacial score (nSPS) is 11.6. The van der Waals surface area contributed by atoms with Crippen molar-refractivity contribution in [3.63, 3.8) is 0 Å². The molecule has 1 N–H and O–H groups in total. The molecule has 0 aromatic rings. The van der Waals surface area contributed by atoms with Crippen LogP contribution in [0.25, 0.3) is 0 Å². The Bertz CT molecular complexity index is 139. The number of hydrogen-bond donors (Lipinski definition) is 1. The number of aldehydes is 1. The highest BCUT2D eigenvalue weighted by Gasteiger charge is 2.27. The maximum Gasteiger partial charge on any atom is 0.334 e. The van der Waals surface area contributed by atoms with Crippen LogP contribution in [0.2, 0.25) is 12.6 Å². The predicted molar refractivity (Wildman–Crippen MR) is 54.0 cm³/mol. The smallest absolute Gasteiger partial charge is 0.334 e. The molecule has 5 heteroatoms. The average molecular weight is 205 g/mol. The standard InChI is InChI=1S/C8H19NO3Si/c1-11-13(3,12-2)8-4-5-9-6-7-10/h7,9H,4-6,8H2,1-3H3. The zero-order chi connectivity index (χ0) is 10.2. The first-order valence-corrected chi connectivity index (χ1v) is 6.95. The number of carbonyl (C=O) groups is 1. The van der Waals surface area contributed by atoms with E-state index >= 15 is 0 Å². The van der Waals surface area contributed by atoms with E-state index in [2.05, 4.69) is 5.32 Å². The molecule has 0 radical (unpaired) electrons. The second-order valence-corrected chi connectivity index (χ2v) is 6.60. The summed E-state index contributed by atoms with van der Waals surface area (Å²) in [5.74, 6) is 0. The molecule has 0 rings (SSSR count). The summed E-state index contributed by atoms with van der Waals surface area (Å²) in [6.07, 6.45) is 1.85. The fourth-order valence-corrected chi connectivity index (χ4v) is 2.38. The Morgan fingerprint density at radius 2 is 2.00 bits per heavy atom. The van der Waals surface area contributed by atoms with Crippen molar-refractivity contribution < 1.29 is 13.6 Å². The maximum absolute atomic E-state index is 9.97. The highest BCUT2D eigenvalue weighted by Crippen LogP contribution is 2.12. The summed E-state index contributed by atoms with van der Waals surface area (Å²) in [6, 6.07) is 0.950. The number of hydrogen-bond acceptors (Lipinski definition) is 4. The number of nitrogens with one attached hydrogen (secondary N) is 1. The topological polar surface area (TPSA) is 47.6 Å². The van der Waals surface area contributed by atoms with Gasteiger partial charge in [-0.15, -0.1) is 0 Å². The molecule has 0 aliphatic heterocycles. The van der Waals surface area contributed by atoms with Gasteiger partial charge in [-0.05, 0) is 25.6 Å². The lowest BCUT2D eigenvalue weighted by molar-refractivity contribution is -0.107. The minimum Gasteiger partial charge on any atom is -0.398 e. The van der Waals surface area contributed by atoms with E-state index in [9.17, 15) is 4.79 Å². The highest BCUT2D eigenvalue weighted by atomic mass is 28.4. The van der Waals surface area contributed by atoms with Crippen LogP contribution < -0.4 is 5.32 Å². The summed E-state index contributed by atoms with van der Waals surface area (Å²) in [5, 5.41) is 3.00. The molecule has 0 unspecified atom stereocenters. The van der Waals surface area contributed by atoms with Crippen LogP contribution in [0, 0.1) is 0 Å². The van der Waals surface area contributed by atoms with Crippen molar-refractivity contribution in [3.05, 3.63) is 0 Å². The van der Waals surface area contributed by atoms with Crippen molar-refractivity contribution in [2.75, 3.05) is 27.3 Å². The minimum atomic E-state index is -1.89. The molecule has 0 bridgehead atoms. The summed E-state index contributed by atoms with van der Waals surface area (Å²) in [7, 11) is 1.49. The molecular weight excluding hydrogens is 186 g/mol. The third-order valence-electron chi connectivity index (χ3n) is 2.08. The van der Waals surface area contributed by atoms with Gasteiger partial charge in [-0.25, -0.2) is 0 Å². The van der Waals surface area contributed by atoms with Gasteiger partial charge in [0.25, 0.3) is 0 Å². The van der Waals surface area contributed by atoms with Gasteiger partial charge in [0, 0.05) is 14.2 Å². The van der Waals surface area contributed by atoms with E-state index in [0.717, 1.165) is 25.3 Å². The van der Waals surface area contributed by atoms with E-state index < -0.39 is 8.56 Å². The summed E-state index contributed by atoms with van der Waals surface area (Å²) in [5.41, 5.74) is 0. The maximum atomic E-state index is 9.97. The highest BCUT2D eigenvalue weighted by molar-refractivity contribution is 6.65. The van der Waals surface area contributed by atoms with Crippen LogP contribution >= 0.6 is 0 Å². The van der Waals surface area contributed by atoms with Crippen LogP contribution in [-0.2, 0) is 13.6 Å². The average Bonchev–Trinajstić information content (AvgIpc) is 2.17. The molecule has 4 nitrogen and oxygen atoms in total. The lowest BCUT2D eigenvalue weighted by Gasteiger charge is -2.22. The van der Waals surface area contributed by atoms with E-state index in [1.54, 1.807) is 14.2 Å². The monoisotopic (exact) mass is 205 g/mol. The molecular formula is C8H19NO3Si. The number of carbonyl (C=O) groups excluding carboxylic acids is 1. The quantitative estimate of drug-likeness (QED) is 0.357. The summed E-state index contributed by atoms with van der Waals surface area (Å²) in [4.78, 5) is 9.97. The van der Waals surface area contributed by atoms with Gasteiger partial charge in [0.2, 0.25) is 0 Å². The first kappa shape index (κ1) is 12.8. The van der Waals surface area contributed by atoms with E-state index in [-0.39, 0.29) is 0 Å². The van der Waals surface area contributed by atoms with Crippen LogP contribution in [0.1, 0.15) is 6.42 Å². The van der Waals surface area contributed by atoms with Crippen molar-refractivity contribution in [1.82, 2.24) is 5.32 Å². The van der Waals surface area contributed by atoms with Crippen LogP contribution in [0.15, 0.2) is 0 Å². The van der Waals surface area contributed by atoms with Gasteiger partial charge in [-0.2, -0.15) is 0 Å². The molecule has 0 aliphatic carbocycles. The molecule has 0 amide bonds. The predicted octanol–water partition coefficient (Wildman–Crippen LogP) is 0.530. The van der Waals surface area contributed by atoms with Gasteiger partial charge >= 0.3 is 8.56 Å². The molecule has 0 aromatic carbocycles. The summed E-state index contributed by atoms with van der Waals surface area (Å²) in [6.45, 7) is 3.30. The largest absolute Gasteiger partial charge is 0.398 e. The molecule has 0 spiro atoms. The van der Waals surface area contributed by atoms with Gasteiger partial charge in [-0.1, -0.05) is 0 Å². The van der Waals surface area contributed by atoms with E-state index in [1.807, 2.05) is 6.55 Å². The summed E-state index contributed by atoms with van der Waals surface area (Å²) >= 11 is 0. The van der Waals surface area contributed by atoms with Gasteiger partial charge in [0.05, 0.1) is 6.54 Å². The molecule has 13 heavy (non-hydrogen) atoms. The van der Waals surface area contributed by atoms with Gasteiger partial charge in [0.1, 0.15) is 6.29 Å². The first-order valence-electron chi connectivity index (χ1n) is 4.43. The van der Waals surface area contributed by atoms with Crippen molar-refractivity contribution in [2.45, 2.75) is 19.0 Å². The van der Waals surface area contributed by atoms with Gasteiger partial charge in [0.15, 0.2) is 0 Å². The Labute approximate surface area is 80.9 Å². The Balaban J connectivity index is 3.44. The first-order chi connectivity index (χ1) is 6.18. The van der Waals surface area contributed by atoms with Crippen LogP contribution in [0.5, 0.6) is 0 Å². The second kappa shape index (κ2) is 7.20. The van der Waals surface area contributed by atoms with E-state index in [1.165, 1.54) is 0 Å². The fraction of sp³-hybridized carbons (Fsp3) is 0.875. The molecule has 78 valence electrons. The molecule has 0 saturated heterocycles. The van der Waals surface area contributed by atoms with Gasteiger partial charge < -0.3 is 19.0 Å². The third kappa shape index (κ3) is 5.92. The van der Waals surface area contributed by atoms with Gasteiger partial charge in [-0.3, -0.25) is 0 Å². The lowest BCUT2D eigenvalue weighted by atomic mass is 10.5. The van der Waals surface area contributed by atoms with Crippen molar-refractivity contribution in [2.24, 2.45) is 0 Å². The molecule has 0 aliphatic rings. The summed E-state index contributed by atoms with van der Waals surface area (Å²) < 4.78 is 10.6. The van der Waals surface area contributed by atoms with Crippen LogP contribution in [-0.4, -0.2) is 42.2 Å². The zero-order valence-corrected chi connectivity index (χ0v) is 9.63. The Morgan fingerprint density at radius 1 is 1.38 bits per heavy atom. The SMILES string of the molecule is CO[Si](C)(CCCNCC=O)OC. The molecule has 0 atom stereocenters. The molecule has 0 aromatic heterocycles. The Hall–Kier alpha value is -0.233. The second-order valence-electron chi connectivity index (χ2n) is 3.02. The number of rotatable bonds is 8. The minimum absolute atomic E-state index is 0.429. The van der Waals surface area contributed by atoms with Crippen molar-refractivity contribution in [1.29, 1.82) is 0 Å². The van der Waals surface area contributed by atoms with Crippen LogP contribution in [0.3, 0.4) is 0 Å². The molecule has 0 fully saturated rings. The van der Waals surface area contributed by atoms with Crippen molar-refractivity contribution >= 4 is 14.8 Å². The zero-order valence-electron chi connectivity index (χ0n) is 8.63. The van der Waals surface area contributed by atoms with E-state index in [4.69, 9.17) is 8.85 Å². The molecule has 0 saturated carbocycles. The fourth-order valence-electron chi connectivity index (χ4n) is 0.983. The van der Waals surface area contributed by atoms with Crippen molar-refractivity contribution in [3.8, 4) is 0 Å². The molecule has 0 heterocycles. The Kier molecular flexibility index (Phi) is 7.07. The lowest BCUT2D eigenvalue weighted by Crippen LogP contribution is -2.36.